The molecule has 2 rings (SSSR count). The van der Waals surface area contributed by atoms with E-state index in [-0.39, 0.29) is 15.7 Å². The summed E-state index contributed by atoms with van der Waals surface area (Å²) in [5.41, 5.74) is 0. The average molecular weight is 354 g/mol. The highest BCUT2D eigenvalue weighted by Crippen LogP contribution is 2.38. The molecule has 0 spiro atoms. The smallest absolute Gasteiger partial charge is 0.322 e. The number of nitrogens with zero attached hydrogens (tertiary/aromatic N) is 1. The highest BCUT2D eigenvalue weighted by molar-refractivity contribution is 8.01. The average Bonchev–Trinajstić information content (AvgIpc) is 2.82. The van der Waals surface area contributed by atoms with Gasteiger partial charge in [-0.1, -0.05) is 18.5 Å². The molecule has 2 unspecified atom stereocenters. The van der Waals surface area contributed by atoms with E-state index in [9.17, 15) is 22.7 Å². The fourth-order valence-electron chi connectivity index (χ4n) is 2.15. The van der Waals surface area contributed by atoms with Crippen LogP contribution in [0.1, 0.15) is 13.3 Å². The minimum atomic E-state index is -4.11. The Kier molecular flexibility index (Phi) is 4.82. The van der Waals surface area contributed by atoms with Crippen molar-refractivity contribution >= 4 is 39.4 Å². The van der Waals surface area contributed by atoms with E-state index in [1.165, 1.54) is 11.8 Å². The predicted octanol–water partition coefficient (Wildman–Crippen LogP) is 2.41. The van der Waals surface area contributed by atoms with Crippen LogP contribution >= 0.6 is 23.4 Å². The van der Waals surface area contributed by atoms with Crippen molar-refractivity contribution < 1.29 is 22.7 Å². The number of carbonyl (C=O) groups is 1. The number of carboxylic acid groups (broad SMARTS) is 1. The van der Waals surface area contributed by atoms with Crippen molar-refractivity contribution in [2.24, 2.45) is 0 Å². The minimum absolute atomic E-state index is 0.173. The third-order valence-electron chi connectivity index (χ3n) is 3.12. The van der Waals surface area contributed by atoms with E-state index in [1.54, 1.807) is 6.92 Å². The van der Waals surface area contributed by atoms with Crippen LogP contribution in [0.5, 0.6) is 0 Å². The molecule has 0 saturated carbocycles. The first-order valence-corrected chi connectivity index (χ1v) is 8.98. The summed E-state index contributed by atoms with van der Waals surface area (Å²) in [7, 11) is -4.11. The fourth-order valence-corrected chi connectivity index (χ4v) is 6.19. The van der Waals surface area contributed by atoms with E-state index in [4.69, 9.17) is 11.6 Å². The number of hydrogen-bond acceptors (Lipinski definition) is 4. The standard InChI is InChI=1S/C12H13ClFNO4S2/c1-2-11-15(9(6-20-11)12(16)17)21(18,19)10-4-3-7(14)5-8(10)13/h3-5,9,11H,2,6H2,1H3,(H,16,17). The summed E-state index contributed by atoms with van der Waals surface area (Å²) in [5.74, 6) is -1.69. The Labute approximate surface area is 131 Å². The summed E-state index contributed by atoms with van der Waals surface area (Å²) in [6.07, 6.45) is 0.465. The van der Waals surface area contributed by atoms with Gasteiger partial charge in [0.25, 0.3) is 0 Å². The Morgan fingerprint density at radius 2 is 2.24 bits per heavy atom. The number of carboxylic acids is 1. The monoisotopic (exact) mass is 353 g/mol. The lowest BCUT2D eigenvalue weighted by Crippen LogP contribution is -2.45. The van der Waals surface area contributed by atoms with Gasteiger partial charge < -0.3 is 5.11 Å². The van der Waals surface area contributed by atoms with Crippen molar-refractivity contribution in [3.8, 4) is 0 Å². The lowest BCUT2D eigenvalue weighted by Gasteiger charge is -2.26. The predicted molar refractivity (Wildman–Crippen MR) is 78.4 cm³/mol. The molecular weight excluding hydrogens is 341 g/mol. The van der Waals surface area contributed by atoms with Gasteiger partial charge in [-0.15, -0.1) is 11.8 Å². The van der Waals surface area contributed by atoms with E-state index in [1.807, 2.05) is 0 Å². The fraction of sp³-hybridized carbons (Fsp3) is 0.417. The molecule has 1 fully saturated rings. The van der Waals surface area contributed by atoms with Crippen molar-refractivity contribution in [2.75, 3.05) is 5.75 Å². The first-order valence-electron chi connectivity index (χ1n) is 6.12. The second-order valence-electron chi connectivity index (χ2n) is 4.46. The van der Waals surface area contributed by atoms with E-state index in [2.05, 4.69) is 0 Å². The quantitative estimate of drug-likeness (QED) is 0.899. The minimum Gasteiger partial charge on any atom is -0.480 e. The lowest BCUT2D eigenvalue weighted by molar-refractivity contribution is -0.140. The Hall–Kier alpha value is -0.830. The van der Waals surface area contributed by atoms with E-state index in [0.29, 0.717) is 6.42 Å². The van der Waals surface area contributed by atoms with E-state index in [0.717, 1.165) is 22.5 Å². The van der Waals surface area contributed by atoms with Gasteiger partial charge in [-0.2, -0.15) is 4.31 Å². The van der Waals surface area contributed by atoms with Crippen LogP contribution in [-0.4, -0.2) is 41.0 Å². The largest absolute Gasteiger partial charge is 0.480 e. The van der Waals surface area contributed by atoms with Gasteiger partial charge in [0.2, 0.25) is 10.0 Å². The maximum atomic E-state index is 13.1. The number of halogens is 2. The molecule has 1 N–H and O–H groups in total. The van der Waals surface area contributed by atoms with Crippen LogP contribution < -0.4 is 0 Å². The Morgan fingerprint density at radius 3 is 2.76 bits per heavy atom. The molecule has 1 saturated heterocycles. The van der Waals surface area contributed by atoms with Crippen LogP contribution in [0.4, 0.5) is 4.39 Å². The molecule has 0 radical (unpaired) electrons. The molecule has 1 aromatic carbocycles. The molecule has 2 atom stereocenters. The van der Waals surface area contributed by atoms with Crippen LogP contribution in [0.3, 0.4) is 0 Å². The summed E-state index contributed by atoms with van der Waals surface area (Å²) in [4.78, 5) is 11.0. The van der Waals surface area contributed by atoms with Crippen LogP contribution in [0.2, 0.25) is 5.02 Å². The molecule has 0 aliphatic carbocycles. The van der Waals surface area contributed by atoms with Gasteiger partial charge in [0.15, 0.2) is 0 Å². The van der Waals surface area contributed by atoms with Gasteiger partial charge in [0.1, 0.15) is 16.8 Å². The molecule has 1 aliphatic heterocycles. The van der Waals surface area contributed by atoms with Crippen molar-refractivity contribution in [3.05, 3.63) is 29.0 Å². The number of sulfonamides is 1. The molecule has 0 aromatic heterocycles. The highest BCUT2D eigenvalue weighted by atomic mass is 35.5. The number of benzene rings is 1. The third-order valence-corrected chi connectivity index (χ3v) is 7.11. The molecule has 21 heavy (non-hydrogen) atoms. The topological polar surface area (TPSA) is 74.7 Å². The second kappa shape index (κ2) is 6.12. The van der Waals surface area contributed by atoms with Gasteiger partial charge >= 0.3 is 5.97 Å². The van der Waals surface area contributed by atoms with Gasteiger partial charge in [-0.05, 0) is 24.6 Å². The number of thioether (sulfide) groups is 1. The molecule has 0 bridgehead atoms. The summed E-state index contributed by atoms with van der Waals surface area (Å²) in [6.45, 7) is 1.77. The molecule has 1 heterocycles. The third kappa shape index (κ3) is 3.03. The molecule has 9 heteroatoms. The van der Waals surface area contributed by atoms with Crippen molar-refractivity contribution in [1.29, 1.82) is 0 Å². The number of hydrogen-bond donors (Lipinski definition) is 1. The zero-order valence-electron chi connectivity index (χ0n) is 11.0. The van der Waals surface area contributed by atoms with Crippen molar-refractivity contribution in [3.63, 3.8) is 0 Å². The molecule has 0 amide bonds. The lowest BCUT2D eigenvalue weighted by atomic mass is 10.3. The summed E-state index contributed by atoms with van der Waals surface area (Å²) in [5, 5.41) is 8.47. The van der Waals surface area contributed by atoms with E-state index < -0.39 is 33.2 Å². The van der Waals surface area contributed by atoms with Gasteiger partial charge in [-0.25, -0.2) is 12.8 Å². The van der Waals surface area contributed by atoms with Crippen molar-refractivity contribution in [2.45, 2.75) is 29.7 Å². The molecule has 1 aliphatic rings. The van der Waals surface area contributed by atoms with E-state index >= 15 is 0 Å². The first-order chi connectivity index (χ1) is 9.78. The molecule has 5 nitrogen and oxygen atoms in total. The second-order valence-corrected chi connectivity index (χ2v) is 7.89. The van der Waals surface area contributed by atoms with Gasteiger partial charge in [0.05, 0.1) is 10.4 Å². The number of rotatable bonds is 4. The van der Waals surface area contributed by atoms with Gasteiger partial charge in [0, 0.05) is 5.75 Å². The maximum Gasteiger partial charge on any atom is 0.322 e. The Bertz CT molecular complexity index is 667. The summed E-state index contributed by atoms with van der Waals surface area (Å²) >= 11 is 7.08. The SMILES string of the molecule is CCC1SCC(C(=O)O)N1S(=O)(=O)c1ccc(F)cc1Cl. The zero-order chi connectivity index (χ0) is 15.8. The van der Waals surface area contributed by atoms with Crippen LogP contribution in [0.15, 0.2) is 23.1 Å². The van der Waals surface area contributed by atoms with Gasteiger partial charge in [-0.3, -0.25) is 4.79 Å². The zero-order valence-corrected chi connectivity index (χ0v) is 13.4. The normalized spacial score (nSPS) is 23.4. The van der Waals surface area contributed by atoms with Crippen molar-refractivity contribution in [1.82, 2.24) is 4.31 Å². The number of aliphatic carboxylic acids is 1. The highest BCUT2D eigenvalue weighted by Gasteiger charge is 2.46. The maximum absolute atomic E-state index is 13.1. The Balaban J connectivity index is 2.52. The van der Waals surface area contributed by atoms with Crippen LogP contribution in [-0.2, 0) is 14.8 Å². The first kappa shape index (κ1) is 16.5. The Morgan fingerprint density at radius 1 is 1.57 bits per heavy atom. The molecular formula is C12H13ClFNO4S2. The molecule has 1 aromatic rings. The molecule has 116 valence electrons. The summed E-state index contributed by atoms with van der Waals surface area (Å²) < 4.78 is 39.4. The van der Waals surface area contributed by atoms with Crippen LogP contribution in [0, 0.1) is 5.82 Å². The van der Waals surface area contributed by atoms with Crippen LogP contribution in [0.25, 0.3) is 0 Å². The summed E-state index contributed by atoms with van der Waals surface area (Å²) in [6, 6.07) is 1.79.